The molecule has 62 valence electrons. The minimum absolute atomic E-state index is 0.103. The fraction of sp³-hybridized carbons (Fsp3) is 0.222. The lowest BCUT2D eigenvalue weighted by atomic mass is 10.1. The Morgan fingerprint density at radius 1 is 1.33 bits per heavy atom. The Morgan fingerprint density at radius 2 is 2.00 bits per heavy atom. The zero-order valence-electron chi connectivity index (χ0n) is 6.56. The number of rotatable bonds is 1. The van der Waals surface area contributed by atoms with Crippen molar-refractivity contribution in [2.45, 2.75) is 13.3 Å². The molecule has 12 heavy (non-hydrogen) atoms. The molecule has 0 saturated carbocycles. The summed E-state index contributed by atoms with van der Waals surface area (Å²) in [5, 5.41) is 8.42. The first-order valence-electron chi connectivity index (χ1n) is 3.57. The van der Waals surface area contributed by atoms with Gasteiger partial charge in [0.2, 0.25) is 0 Å². The van der Waals surface area contributed by atoms with Gasteiger partial charge in [0.15, 0.2) is 0 Å². The van der Waals surface area contributed by atoms with Gasteiger partial charge in [0, 0.05) is 6.07 Å². The van der Waals surface area contributed by atoms with Crippen LogP contribution >= 0.6 is 0 Å². The van der Waals surface area contributed by atoms with Gasteiger partial charge in [0.25, 0.3) is 0 Å². The van der Waals surface area contributed by atoms with Crippen LogP contribution in [-0.2, 0) is 6.42 Å². The van der Waals surface area contributed by atoms with Crippen molar-refractivity contribution in [2.24, 2.45) is 0 Å². The molecule has 0 radical (unpaired) electrons. The molecule has 0 aliphatic rings. The maximum absolute atomic E-state index is 12.8. The summed E-state index contributed by atoms with van der Waals surface area (Å²) in [4.78, 5) is 0. The number of hydrogen-bond acceptors (Lipinski definition) is 1. The molecule has 0 heterocycles. The highest BCUT2D eigenvalue weighted by atomic mass is 19.1. The van der Waals surface area contributed by atoms with E-state index in [1.54, 1.807) is 13.0 Å². The topological polar surface area (TPSA) is 23.8 Å². The maximum atomic E-state index is 12.8. The molecular formula is C9H7F2N. The molecule has 1 aromatic carbocycles. The zero-order chi connectivity index (χ0) is 9.14. The molecule has 0 amide bonds. The molecule has 0 saturated heterocycles. The molecule has 0 N–H and O–H groups in total. The molecule has 0 bridgehead atoms. The van der Waals surface area contributed by atoms with Crippen LogP contribution < -0.4 is 0 Å². The summed E-state index contributed by atoms with van der Waals surface area (Å²) in [6.45, 7) is 1.75. The van der Waals surface area contributed by atoms with Crippen LogP contribution in [0.15, 0.2) is 12.1 Å². The largest absolute Gasteiger partial charge is 0.207 e. The number of nitriles is 1. The lowest BCUT2D eigenvalue weighted by molar-refractivity contribution is 0.571. The van der Waals surface area contributed by atoms with Crippen molar-refractivity contribution < 1.29 is 8.78 Å². The molecule has 0 aliphatic heterocycles. The fourth-order valence-electron chi connectivity index (χ4n) is 0.950. The summed E-state index contributed by atoms with van der Waals surface area (Å²) >= 11 is 0. The van der Waals surface area contributed by atoms with E-state index in [1.807, 2.05) is 0 Å². The number of aryl methyl sites for hydroxylation is 1. The standard InChI is InChI=1S/C9H7F2N/c1-2-6-3-7(5-12)9(11)4-8(6)10/h3-4H,2H2,1H3. The van der Waals surface area contributed by atoms with E-state index in [1.165, 1.54) is 6.07 Å². The average molecular weight is 167 g/mol. The molecule has 0 aromatic heterocycles. The average Bonchev–Trinajstić information content (AvgIpc) is 2.05. The van der Waals surface area contributed by atoms with E-state index in [2.05, 4.69) is 0 Å². The smallest absolute Gasteiger partial charge is 0.143 e. The fourth-order valence-corrected chi connectivity index (χ4v) is 0.950. The van der Waals surface area contributed by atoms with E-state index in [4.69, 9.17) is 5.26 Å². The lowest BCUT2D eigenvalue weighted by Gasteiger charge is -2.00. The van der Waals surface area contributed by atoms with E-state index in [0.29, 0.717) is 12.0 Å². The second-order valence-electron chi connectivity index (χ2n) is 2.39. The zero-order valence-corrected chi connectivity index (χ0v) is 6.56. The second-order valence-corrected chi connectivity index (χ2v) is 2.39. The van der Waals surface area contributed by atoms with Crippen LogP contribution in [0.3, 0.4) is 0 Å². The van der Waals surface area contributed by atoms with Gasteiger partial charge in [-0.05, 0) is 18.1 Å². The first-order valence-corrected chi connectivity index (χ1v) is 3.57. The number of nitrogens with zero attached hydrogens (tertiary/aromatic N) is 1. The summed E-state index contributed by atoms with van der Waals surface area (Å²) in [5.74, 6) is -1.39. The van der Waals surface area contributed by atoms with Crippen molar-refractivity contribution in [3.63, 3.8) is 0 Å². The van der Waals surface area contributed by atoms with E-state index in [-0.39, 0.29) is 5.56 Å². The highest BCUT2D eigenvalue weighted by molar-refractivity contribution is 5.35. The normalized spacial score (nSPS) is 9.50. The van der Waals surface area contributed by atoms with Crippen LogP contribution in [0.5, 0.6) is 0 Å². The Balaban J connectivity index is 3.30. The van der Waals surface area contributed by atoms with E-state index in [9.17, 15) is 8.78 Å². The monoisotopic (exact) mass is 167 g/mol. The predicted molar refractivity (Wildman–Crippen MR) is 40.5 cm³/mol. The third-order valence-corrected chi connectivity index (χ3v) is 1.64. The predicted octanol–water partition coefficient (Wildman–Crippen LogP) is 2.40. The molecule has 3 heteroatoms. The first kappa shape index (κ1) is 8.66. The van der Waals surface area contributed by atoms with Gasteiger partial charge in [0.1, 0.15) is 17.7 Å². The minimum atomic E-state index is -0.799. The van der Waals surface area contributed by atoms with Crippen molar-refractivity contribution in [1.29, 1.82) is 5.26 Å². The number of halogens is 2. The molecule has 0 spiro atoms. The van der Waals surface area contributed by atoms with Crippen LogP contribution in [0.1, 0.15) is 18.1 Å². The molecular weight excluding hydrogens is 160 g/mol. The molecule has 0 unspecified atom stereocenters. The van der Waals surface area contributed by atoms with Gasteiger partial charge in [-0.2, -0.15) is 5.26 Å². The molecule has 0 aliphatic carbocycles. The van der Waals surface area contributed by atoms with Gasteiger partial charge >= 0.3 is 0 Å². The highest BCUT2D eigenvalue weighted by Gasteiger charge is 2.07. The number of hydrogen-bond donors (Lipinski definition) is 0. The van der Waals surface area contributed by atoms with Crippen LogP contribution in [0.4, 0.5) is 8.78 Å². The summed E-state index contributed by atoms with van der Waals surface area (Å²) < 4.78 is 25.5. The maximum Gasteiger partial charge on any atom is 0.143 e. The summed E-state index contributed by atoms with van der Waals surface area (Å²) in [6.07, 6.45) is 0.459. The van der Waals surface area contributed by atoms with Crippen molar-refractivity contribution >= 4 is 0 Å². The summed E-state index contributed by atoms with van der Waals surface area (Å²) in [5.41, 5.74) is 0.265. The summed E-state index contributed by atoms with van der Waals surface area (Å²) in [6, 6.07) is 3.64. The Kier molecular flexibility index (Phi) is 2.39. The van der Waals surface area contributed by atoms with Crippen molar-refractivity contribution in [1.82, 2.24) is 0 Å². The minimum Gasteiger partial charge on any atom is -0.207 e. The molecule has 1 aromatic rings. The van der Waals surface area contributed by atoms with Crippen molar-refractivity contribution in [3.05, 3.63) is 34.9 Å². The van der Waals surface area contributed by atoms with Gasteiger partial charge in [0.05, 0.1) is 5.56 Å². The lowest BCUT2D eigenvalue weighted by Crippen LogP contribution is -1.93. The van der Waals surface area contributed by atoms with Crippen molar-refractivity contribution in [3.8, 4) is 6.07 Å². The van der Waals surface area contributed by atoms with Gasteiger partial charge in [-0.15, -0.1) is 0 Å². The van der Waals surface area contributed by atoms with Crippen LogP contribution in [0.25, 0.3) is 0 Å². The van der Waals surface area contributed by atoms with Gasteiger partial charge < -0.3 is 0 Å². The molecule has 1 rings (SSSR count). The molecule has 0 atom stereocenters. The van der Waals surface area contributed by atoms with E-state index in [0.717, 1.165) is 6.07 Å². The third kappa shape index (κ3) is 1.42. The van der Waals surface area contributed by atoms with Crippen LogP contribution in [0.2, 0.25) is 0 Å². The van der Waals surface area contributed by atoms with Gasteiger partial charge in [-0.25, -0.2) is 8.78 Å². The Bertz CT molecular complexity index is 339. The van der Waals surface area contributed by atoms with Crippen molar-refractivity contribution in [2.75, 3.05) is 0 Å². The SMILES string of the molecule is CCc1cc(C#N)c(F)cc1F. The summed E-state index contributed by atoms with van der Waals surface area (Å²) in [7, 11) is 0. The van der Waals surface area contributed by atoms with E-state index >= 15 is 0 Å². The van der Waals surface area contributed by atoms with E-state index < -0.39 is 11.6 Å². The first-order chi connectivity index (χ1) is 5.69. The van der Waals surface area contributed by atoms with Gasteiger partial charge in [-0.3, -0.25) is 0 Å². The van der Waals surface area contributed by atoms with Crippen LogP contribution in [0, 0.1) is 23.0 Å². The quantitative estimate of drug-likeness (QED) is 0.630. The highest BCUT2D eigenvalue weighted by Crippen LogP contribution is 2.14. The number of benzene rings is 1. The van der Waals surface area contributed by atoms with Crippen LogP contribution in [-0.4, -0.2) is 0 Å². The molecule has 0 fully saturated rings. The Labute approximate surface area is 69.2 Å². The Hall–Kier alpha value is -1.43. The Morgan fingerprint density at radius 3 is 2.50 bits per heavy atom. The van der Waals surface area contributed by atoms with Gasteiger partial charge in [-0.1, -0.05) is 6.92 Å². The second kappa shape index (κ2) is 3.31. The molecule has 1 nitrogen and oxygen atoms in total. The third-order valence-electron chi connectivity index (χ3n) is 1.64.